The molecule has 0 radical (unpaired) electrons. The van der Waals surface area contributed by atoms with Crippen LogP contribution in [0.3, 0.4) is 0 Å². The summed E-state index contributed by atoms with van der Waals surface area (Å²) in [7, 11) is 1.54. The van der Waals surface area contributed by atoms with E-state index in [0.29, 0.717) is 23.4 Å². The Labute approximate surface area is 193 Å². The van der Waals surface area contributed by atoms with Gasteiger partial charge in [0.2, 0.25) is 0 Å². The van der Waals surface area contributed by atoms with E-state index in [9.17, 15) is 14.4 Å². The van der Waals surface area contributed by atoms with Gasteiger partial charge in [0.25, 0.3) is 5.91 Å². The molecular weight excluding hydrogens is 418 g/mol. The van der Waals surface area contributed by atoms with Gasteiger partial charge in [-0.15, -0.1) is 0 Å². The lowest BCUT2D eigenvalue weighted by Crippen LogP contribution is -2.41. The highest BCUT2D eigenvalue weighted by Gasteiger charge is 2.49. The summed E-state index contributed by atoms with van der Waals surface area (Å²) in [4.78, 5) is 40.1. The highest BCUT2D eigenvalue weighted by Crippen LogP contribution is 2.31. The molecule has 1 aliphatic rings. The molecule has 0 bridgehead atoms. The molecule has 0 saturated carbocycles. The summed E-state index contributed by atoms with van der Waals surface area (Å²) in [5.74, 6) is -0.163. The average molecular weight is 446 g/mol. The van der Waals surface area contributed by atoms with Gasteiger partial charge in [0.05, 0.1) is 13.7 Å². The van der Waals surface area contributed by atoms with Crippen LogP contribution < -0.4 is 10.1 Å². The molecule has 3 amide bonds. The summed E-state index contributed by atoms with van der Waals surface area (Å²) in [6, 6.07) is 18.2. The zero-order chi connectivity index (χ0) is 23.8. The van der Waals surface area contributed by atoms with Crippen molar-refractivity contribution in [3.8, 4) is 5.75 Å². The third-order valence-corrected chi connectivity index (χ3v) is 6.28. The zero-order valence-electron chi connectivity index (χ0n) is 19.2. The second kappa shape index (κ2) is 8.58. The number of ketones is 1. The van der Waals surface area contributed by atoms with Crippen LogP contribution in [0.4, 0.5) is 4.79 Å². The Balaban J connectivity index is 1.56. The number of ether oxygens (including phenoxy) is 1. The van der Waals surface area contributed by atoms with Crippen LogP contribution in [0.5, 0.6) is 5.75 Å². The van der Waals surface area contributed by atoms with E-state index in [1.807, 2.05) is 50.2 Å². The van der Waals surface area contributed by atoms with Crippen LogP contribution >= 0.6 is 0 Å². The minimum Gasteiger partial charge on any atom is -0.497 e. The number of nitrogens with zero attached hydrogens (tertiary/aromatic N) is 2. The van der Waals surface area contributed by atoms with Crippen molar-refractivity contribution in [3.05, 3.63) is 88.7 Å². The van der Waals surface area contributed by atoms with Crippen LogP contribution in [-0.4, -0.2) is 40.8 Å². The maximum absolute atomic E-state index is 13.2. The van der Waals surface area contributed by atoms with E-state index in [-0.39, 0.29) is 12.3 Å². The van der Waals surface area contributed by atoms with Crippen molar-refractivity contribution in [3.63, 3.8) is 0 Å². The number of rotatable bonds is 7. The maximum atomic E-state index is 13.2. The van der Waals surface area contributed by atoms with Gasteiger partial charge in [0.1, 0.15) is 11.3 Å². The van der Waals surface area contributed by atoms with Gasteiger partial charge < -0.3 is 14.6 Å². The largest absolute Gasteiger partial charge is 0.497 e. The predicted octanol–water partition coefficient (Wildman–Crippen LogP) is 3.81. The summed E-state index contributed by atoms with van der Waals surface area (Å²) >= 11 is 0. The average Bonchev–Trinajstić information content (AvgIpc) is 3.22. The molecule has 1 aromatic heterocycles. The first-order valence-electron chi connectivity index (χ1n) is 10.8. The number of carbonyl (C=O) groups is 3. The smallest absolute Gasteiger partial charge is 0.325 e. The second-order valence-electron chi connectivity index (χ2n) is 8.46. The van der Waals surface area contributed by atoms with Gasteiger partial charge >= 0.3 is 6.03 Å². The van der Waals surface area contributed by atoms with Gasteiger partial charge in [-0.3, -0.25) is 14.5 Å². The molecule has 1 fully saturated rings. The Hall–Kier alpha value is -3.87. The van der Waals surface area contributed by atoms with Crippen LogP contribution in [0.1, 0.15) is 39.8 Å². The molecule has 0 aliphatic carbocycles. The van der Waals surface area contributed by atoms with E-state index in [1.165, 1.54) is 7.11 Å². The van der Waals surface area contributed by atoms with Crippen molar-refractivity contribution in [2.24, 2.45) is 0 Å². The van der Waals surface area contributed by atoms with Crippen LogP contribution in [0.25, 0.3) is 0 Å². The Bertz CT molecular complexity index is 1230. The number of benzene rings is 2. The zero-order valence-corrected chi connectivity index (χ0v) is 19.2. The summed E-state index contributed by atoms with van der Waals surface area (Å²) in [5.41, 5.74) is 2.72. The maximum Gasteiger partial charge on any atom is 0.325 e. The molecule has 2 heterocycles. The van der Waals surface area contributed by atoms with Crippen molar-refractivity contribution < 1.29 is 19.1 Å². The second-order valence-corrected chi connectivity index (χ2v) is 8.46. The number of Topliss-reactive ketones (excluding diaryl/α,β-unsaturated/α-hetero) is 1. The van der Waals surface area contributed by atoms with Gasteiger partial charge in [0, 0.05) is 23.5 Å². The molecule has 2 aromatic carbocycles. The Morgan fingerprint density at radius 3 is 2.45 bits per heavy atom. The number of aromatic nitrogens is 1. The highest BCUT2D eigenvalue weighted by molar-refractivity contribution is 6.11. The predicted molar refractivity (Wildman–Crippen MR) is 124 cm³/mol. The fraction of sp³-hybridized carbons (Fsp3) is 0.269. The van der Waals surface area contributed by atoms with E-state index in [4.69, 9.17) is 4.74 Å². The van der Waals surface area contributed by atoms with E-state index >= 15 is 0 Å². The van der Waals surface area contributed by atoms with Crippen molar-refractivity contribution in [2.75, 3.05) is 13.7 Å². The number of amides is 3. The number of hydrogen-bond acceptors (Lipinski definition) is 4. The first-order chi connectivity index (χ1) is 15.7. The number of urea groups is 1. The summed E-state index contributed by atoms with van der Waals surface area (Å²) in [5, 5.41) is 2.74. The van der Waals surface area contributed by atoms with Crippen molar-refractivity contribution in [1.29, 1.82) is 0 Å². The van der Waals surface area contributed by atoms with E-state index < -0.39 is 17.5 Å². The van der Waals surface area contributed by atoms with Gasteiger partial charge in [0.15, 0.2) is 5.78 Å². The third-order valence-electron chi connectivity index (χ3n) is 6.28. The number of hydrogen-bond donors (Lipinski definition) is 1. The van der Waals surface area contributed by atoms with Crippen molar-refractivity contribution in [2.45, 2.75) is 32.9 Å². The lowest BCUT2D eigenvalue weighted by molar-refractivity contribution is -0.130. The van der Waals surface area contributed by atoms with Gasteiger partial charge in [-0.05, 0) is 50.1 Å². The standard InChI is InChI=1S/C26H27N3O4/c1-17-13-22(18(2)28(17)15-19-9-6-5-7-10-19)23(30)16-29-24(31)26(3,27-25(29)32)20-11-8-12-21(14-20)33-4/h5-14H,15-16H2,1-4H3,(H,27,32). The molecule has 1 aliphatic heterocycles. The first-order valence-corrected chi connectivity index (χ1v) is 10.8. The summed E-state index contributed by atoms with van der Waals surface area (Å²) < 4.78 is 7.31. The Morgan fingerprint density at radius 1 is 1.03 bits per heavy atom. The summed E-state index contributed by atoms with van der Waals surface area (Å²) in [6.07, 6.45) is 0. The topological polar surface area (TPSA) is 80.6 Å². The van der Waals surface area contributed by atoms with Crippen LogP contribution in [0.15, 0.2) is 60.7 Å². The monoisotopic (exact) mass is 445 g/mol. The van der Waals surface area contributed by atoms with E-state index in [1.54, 1.807) is 31.2 Å². The molecule has 7 nitrogen and oxygen atoms in total. The number of methoxy groups -OCH3 is 1. The van der Waals surface area contributed by atoms with Crippen molar-refractivity contribution >= 4 is 17.7 Å². The minimum absolute atomic E-state index is 0.277. The number of nitrogens with one attached hydrogen (secondary N) is 1. The number of aryl methyl sites for hydroxylation is 1. The molecule has 3 aromatic rings. The molecule has 7 heteroatoms. The van der Waals surface area contributed by atoms with Gasteiger partial charge in [-0.2, -0.15) is 0 Å². The van der Waals surface area contributed by atoms with Crippen LogP contribution in [0.2, 0.25) is 0 Å². The molecule has 1 N–H and O–H groups in total. The highest BCUT2D eigenvalue weighted by atomic mass is 16.5. The quantitative estimate of drug-likeness (QED) is 0.443. The van der Waals surface area contributed by atoms with Crippen LogP contribution in [-0.2, 0) is 16.9 Å². The van der Waals surface area contributed by atoms with Gasteiger partial charge in [-0.25, -0.2) is 4.79 Å². The normalized spacial score (nSPS) is 17.9. The minimum atomic E-state index is -1.27. The fourth-order valence-electron chi connectivity index (χ4n) is 4.29. The van der Waals surface area contributed by atoms with Crippen LogP contribution in [0, 0.1) is 13.8 Å². The molecule has 1 saturated heterocycles. The SMILES string of the molecule is COc1cccc(C2(C)NC(=O)N(CC(=O)c3cc(C)n(Cc4ccccc4)c3C)C2=O)c1. The number of imide groups is 1. The molecule has 33 heavy (non-hydrogen) atoms. The van der Waals surface area contributed by atoms with Crippen molar-refractivity contribution in [1.82, 2.24) is 14.8 Å². The lowest BCUT2D eigenvalue weighted by atomic mass is 9.92. The van der Waals surface area contributed by atoms with E-state index in [0.717, 1.165) is 21.9 Å². The molecule has 1 unspecified atom stereocenters. The fourth-order valence-corrected chi connectivity index (χ4v) is 4.29. The molecular formula is C26H27N3O4. The summed E-state index contributed by atoms with van der Waals surface area (Å²) in [6.45, 7) is 5.79. The first kappa shape index (κ1) is 22.3. The molecule has 4 rings (SSSR count). The lowest BCUT2D eigenvalue weighted by Gasteiger charge is -2.22. The molecule has 1 atom stereocenters. The third kappa shape index (κ3) is 4.02. The van der Waals surface area contributed by atoms with E-state index in [2.05, 4.69) is 9.88 Å². The Morgan fingerprint density at radius 2 is 1.76 bits per heavy atom. The number of carbonyl (C=O) groups excluding carboxylic acids is 3. The Kier molecular flexibility index (Phi) is 5.80. The van der Waals surface area contributed by atoms with Gasteiger partial charge in [-0.1, -0.05) is 42.5 Å². The molecule has 0 spiro atoms. The molecule has 170 valence electrons.